The van der Waals surface area contributed by atoms with Crippen molar-refractivity contribution in [3.05, 3.63) is 28.8 Å². The highest BCUT2D eigenvalue weighted by Crippen LogP contribution is 2.24. The molecule has 0 radical (unpaired) electrons. The van der Waals surface area contributed by atoms with E-state index < -0.39 is 10.0 Å². The fourth-order valence-electron chi connectivity index (χ4n) is 2.40. The molecule has 1 aromatic carbocycles. The second kappa shape index (κ2) is 7.09. The lowest BCUT2D eigenvalue weighted by molar-refractivity contribution is 0.373. The predicted molar refractivity (Wildman–Crippen MR) is 84.0 cm³/mol. The van der Waals surface area contributed by atoms with Gasteiger partial charge in [-0.3, -0.25) is 0 Å². The number of nitrogens with two attached hydrogens (primary N) is 1. The van der Waals surface area contributed by atoms with Crippen LogP contribution >= 0.6 is 24.0 Å². The maximum atomic E-state index is 12.4. The molecule has 20 heavy (non-hydrogen) atoms. The van der Waals surface area contributed by atoms with Gasteiger partial charge >= 0.3 is 0 Å². The topological polar surface area (TPSA) is 72.2 Å². The van der Waals surface area contributed by atoms with Gasteiger partial charge in [0.25, 0.3) is 0 Å². The van der Waals surface area contributed by atoms with E-state index in [2.05, 4.69) is 4.72 Å². The molecule has 0 saturated heterocycles. The minimum Gasteiger partial charge on any atom is -0.328 e. The molecule has 0 amide bonds. The van der Waals surface area contributed by atoms with E-state index in [-0.39, 0.29) is 29.4 Å². The first-order valence-electron chi connectivity index (χ1n) is 6.43. The van der Waals surface area contributed by atoms with Gasteiger partial charge < -0.3 is 5.73 Å². The molecule has 1 fully saturated rings. The lowest BCUT2D eigenvalue weighted by Crippen LogP contribution is -2.40. The van der Waals surface area contributed by atoms with E-state index in [1.54, 1.807) is 25.1 Å². The molecule has 7 heteroatoms. The highest BCUT2D eigenvalue weighted by molar-refractivity contribution is 7.89. The predicted octanol–water partition coefficient (Wildman–Crippen LogP) is 2.62. The van der Waals surface area contributed by atoms with Crippen molar-refractivity contribution in [3.8, 4) is 0 Å². The van der Waals surface area contributed by atoms with E-state index >= 15 is 0 Å². The maximum Gasteiger partial charge on any atom is 0.241 e. The largest absolute Gasteiger partial charge is 0.328 e. The van der Waals surface area contributed by atoms with Crippen molar-refractivity contribution in [1.82, 2.24) is 4.72 Å². The number of hydrogen-bond donors (Lipinski definition) is 2. The number of rotatable bonds is 3. The molecular formula is C13H20Cl2N2O2S. The Labute approximate surface area is 131 Å². The van der Waals surface area contributed by atoms with Crippen LogP contribution in [0.4, 0.5) is 0 Å². The van der Waals surface area contributed by atoms with E-state index in [4.69, 9.17) is 17.3 Å². The molecule has 0 unspecified atom stereocenters. The molecule has 0 bridgehead atoms. The van der Waals surface area contributed by atoms with Crippen molar-refractivity contribution in [2.45, 2.75) is 49.6 Å². The first kappa shape index (κ1) is 17.7. The van der Waals surface area contributed by atoms with Gasteiger partial charge in [0.05, 0.1) is 4.90 Å². The Morgan fingerprint density at radius 2 is 1.85 bits per heavy atom. The molecule has 0 spiro atoms. The smallest absolute Gasteiger partial charge is 0.241 e. The van der Waals surface area contributed by atoms with Gasteiger partial charge in [-0.1, -0.05) is 17.7 Å². The van der Waals surface area contributed by atoms with Gasteiger partial charge in [-0.05, 0) is 50.3 Å². The van der Waals surface area contributed by atoms with Crippen LogP contribution in [0.25, 0.3) is 0 Å². The monoisotopic (exact) mass is 338 g/mol. The van der Waals surface area contributed by atoms with Crippen LogP contribution < -0.4 is 10.5 Å². The fourth-order valence-corrected chi connectivity index (χ4v) is 4.20. The molecule has 1 aliphatic rings. The highest BCUT2D eigenvalue weighted by Gasteiger charge is 2.25. The summed E-state index contributed by atoms with van der Waals surface area (Å²) in [6, 6.07) is 5.10. The molecule has 1 saturated carbocycles. The van der Waals surface area contributed by atoms with Crippen molar-refractivity contribution >= 4 is 34.0 Å². The van der Waals surface area contributed by atoms with Gasteiger partial charge in [-0.25, -0.2) is 13.1 Å². The second-order valence-electron chi connectivity index (χ2n) is 5.10. The Morgan fingerprint density at radius 3 is 2.45 bits per heavy atom. The van der Waals surface area contributed by atoms with Gasteiger partial charge in [0.15, 0.2) is 0 Å². The summed E-state index contributed by atoms with van der Waals surface area (Å²) in [6.07, 6.45) is 3.31. The average Bonchev–Trinajstić information content (AvgIpc) is 2.35. The van der Waals surface area contributed by atoms with Crippen LogP contribution in [0.3, 0.4) is 0 Å². The summed E-state index contributed by atoms with van der Waals surface area (Å²) >= 11 is 5.97. The summed E-state index contributed by atoms with van der Waals surface area (Å²) in [4.78, 5) is 0.259. The first-order chi connectivity index (χ1) is 8.90. The lowest BCUT2D eigenvalue weighted by atomic mass is 9.93. The quantitative estimate of drug-likeness (QED) is 0.889. The Bertz CT molecular complexity index is 555. The van der Waals surface area contributed by atoms with Crippen molar-refractivity contribution in [3.63, 3.8) is 0 Å². The molecule has 0 atom stereocenters. The molecule has 3 N–H and O–H groups in total. The van der Waals surface area contributed by atoms with Crippen LogP contribution in [-0.2, 0) is 10.0 Å². The van der Waals surface area contributed by atoms with E-state index in [0.717, 1.165) is 25.7 Å². The van der Waals surface area contributed by atoms with Gasteiger partial charge in [0.1, 0.15) is 0 Å². The summed E-state index contributed by atoms with van der Waals surface area (Å²) in [5, 5.41) is 0.466. The fraction of sp³-hybridized carbons (Fsp3) is 0.538. The molecule has 1 aromatic rings. The zero-order valence-electron chi connectivity index (χ0n) is 11.3. The van der Waals surface area contributed by atoms with E-state index in [1.165, 1.54) is 0 Å². The standard InChI is InChI=1S/C13H19ClN2O2S.ClH/c1-9-12(14)3-2-4-13(9)19(17,18)16-11-7-5-10(15)6-8-11;/h2-4,10-11,16H,5-8,15H2,1H3;1H. The van der Waals surface area contributed by atoms with E-state index in [1.807, 2.05) is 0 Å². The molecule has 1 aliphatic carbocycles. The zero-order valence-corrected chi connectivity index (χ0v) is 13.7. The zero-order chi connectivity index (χ0) is 14.0. The number of nitrogens with one attached hydrogen (secondary N) is 1. The van der Waals surface area contributed by atoms with Crippen molar-refractivity contribution in [2.24, 2.45) is 5.73 Å². The maximum absolute atomic E-state index is 12.4. The minimum absolute atomic E-state index is 0. The summed E-state index contributed by atoms with van der Waals surface area (Å²) in [6.45, 7) is 1.72. The molecule has 0 aliphatic heterocycles. The number of sulfonamides is 1. The van der Waals surface area contributed by atoms with E-state index in [9.17, 15) is 8.42 Å². The van der Waals surface area contributed by atoms with Gasteiger partial charge in [0.2, 0.25) is 10.0 Å². The Hall–Kier alpha value is -0.330. The Kier molecular flexibility index (Phi) is 6.28. The molecule has 0 heterocycles. The Morgan fingerprint density at radius 1 is 1.25 bits per heavy atom. The third kappa shape index (κ3) is 4.09. The summed E-state index contributed by atoms with van der Waals surface area (Å²) in [5.74, 6) is 0. The third-order valence-electron chi connectivity index (χ3n) is 3.60. The van der Waals surface area contributed by atoms with Crippen LogP contribution in [0.5, 0.6) is 0 Å². The molecule has 0 aromatic heterocycles. The normalized spacial score (nSPS) is 23.1. The minimum atomic E-state index is -3.51. The Balaban J connectivity index is 0.00000200. The average molecular weight is 339 g/mol. The van der Waals surface area contributed by atoms with Crippen LogP contribution in [0.2, 0.25) is 5.02 Å². The van der Waals surface area contributed by atoms with Gasteiger partial charge in [-0.2, -0.15) is 0 Å². The van der Waals surface area contributed by atoms with Crippen LogP contribution in [0, 0.1) is 6.92 Å². The van der Waals surface area contributed by atoms with Crippen LogP contribution in [0.15, 0.2) is 23.1 Å². The summed E-state index contributed by atoms with van der Waals surface area (Å²) in [5.41, 5.74) is 6.41. The van der Waals surface area contributed by atoms with Gasteiger partial charge in [0, 0.05) is 17.1 Å². The number of halogens is 2. The van der Waals surface area contributed by atoms with E-state index in [0.29, 0.717) is 10.6 Å². The first-order valence-corrected chi connectivity index (χ1v) is 8.29. The molecular weight excluding hydrogens is 319 g/mol. The second-order valence-corrected chi connectivity index (χ2v) is 7.19. The van der Waals surface area contributed by atoms with Crippen molar-refractivity contribution < 1.29 is 8.42 Å². The molecule has 2 rings (SSSR count). The number of benzene rings is 1. The molecule has 114 valence electrons. The summed E-state index contributed by atoms with van der Waals surface area (Å²) in [7, 11) is -3.51. The van der Waals surface area contributed by atoms with Gasteiger partial charge in [-0.15, -0.1) is 12.4 Å². The SMILES string of the molecule is Cc1c(Cl)cccc1S(=O)(=O)NC1CCC(N)CC1.Cl. The van der Waals surface area contributed by atoms with Crippen LogP contribution in [0.1, 0.15) is 31.2 Å². The van der Waals surface area contributed by atoms with Crippen molar-refractivity contribution in [2.75, 3.05) is 0 Å². The summed E-state index contributed by atoms with van der Waals surface area (Å²) < 4.78 is 27.5. The third-order valence-corrected chi connectivity index (χ3v) is 5.68. The highest BCUT2D eigenvalue weighted by atomic mass is 35.5. The molecule has 4 nitrogen and oxygen atoms in total. The van der Waals surface area contributed by atoms with Crippen molar-refractivity contribution in [1.29, 1.82) is 0 Å². The number of hydrogen-bond acceptors (Lipinski definition) is 3. The van der Waals surface area contributed by atoms with Crippen LogP contribution in [-0.4, -0.2) is 20.5 Å². The lowest BCUT2D eigenvalue weighted by Gasteiger charge is -2.26.